The first kappa shape index (κ1) is 12.8. The maximum absolute atomic E-state index is 13.7. The lowest BCUT2D eigenvalue weighted by Gasteiger charge is -2.17. The van der Waals surface area contributed by atoms with Crippen LogP contribution in [0.3, 0.4) is 0 Å². The Labute approximate surface area is 117 Å². The molecule has 0 radical (unpaired) electrons. The minimum atomic E-state index is -0.232. The Balaban J connectivity index is 2.28. The highest BCUT2D eigenvalue weighted by atomic mass is 19.1. The molecule has 0 aliphatic heterocycles. The summed E-state index contributed by atoms with van der Waals surface area (Å²) in [5.74, 6) is -0.232. The molecule has 102 valence electrons. The van der Waals surface area contributed by atoms with Crippen molar-refractivity contribution in [3.63, 3.8) is 0 Å². The highest BCUT2D eigenvalue weighted by molar-refractivity contribution is 5.67. The molecule has 0 spiro atoms. The number of benzene rings is 1. The monoisotopic (exact) mass is 269 g/mol. The van der Waals surface area contributed by atoms with Crippen molar-refractivity contribution >= 4 is 5.65 Å². The lowest BCUT2D eigenvalue weighted by Crippen LogP contribution is -2.14. The number of hydrogen-bond acceptors (Lipinski definition) is 2. The summed E-state index contributed by atoms with van der Waals surface area (Å²) in [7, 11) is 1.90. The van der Waals surface area contributed by atoms with Crippen LogP contribution in [-0.4, -0.2) is 16.4 Å². The van der Waals surface area contributed by atoms with Gasteiger partial charge in [0.2, 0.25) is 0 Å². The second kappa shape index (κ2) is 5.06. The SMILES string of the molecule is CNC(C)c1ccc(F)cc1-c1cccc2nccn12. The first-order valence-electron chi connectivity index (χ1n) is 6.60. The molecule has 0 aliphatic rings. The van der Waals surface area contributed by atoms with Crippen LogP contribution in [0.25, 0.3) is 16.9 Å². The summed E-state index contributed by atoms with van der Waals surface area (Å²) in [5.41, 5.74) is 3.75. The van der Waals surface area contributed by atoms with Crippen LogP contribution >= 0.6 is 0 Å². The van der Waals surface area contributed by atoms with Crippen molar-refractivity contribution in [1.82, 2.24) is 14.7 Å². The second-order valence-corrected chi connectivity index (χ2v) is 4.81. The van der Waals surface area contributed by atoms with E-state index in [0.29, 0.717) is 0 Å². The van der Waals surface area contributed by atoms with Crippen molar-refractivity contribution in [2.24, 2.45) is 0 Å². The molecule has 1 unspecified atom stereocenters. The molecule has 0 amide bonds. The summed E-state index contributed by atoms with van der Waals surface area (Å²) in [5, 5.41) is 3.21. The Morgan fingerprint density at radius 3 is 2.90 bits per heavy atom. The van der Waals surface area contributed by atoms with Crippen LogP contribution in [0.5, 0.6) is 0 Å². The van der Waals surface area contributed by atoms with Gasteiger partial charge in [0.25, 0.3) is 0 Å². The number of imidazole rings is 1. The van der Waals surface area contributed by atoms with Crippen LogP contribution < -0.4 is 5.32 Å². The number of fused-ring (bicyclic) bond motifs is 1. The molecule has 0 saturated carbocycles. The van der Waals surface area contributed by atoms with Gasteiger partial charge in [-0.1, -0.05) is 12.1 Å². The molecule has 3 nitrogen and oxygen atoms in total. The summed E-state index contributed by atoms with van der Waals surface area (Å²) in [6.07, 6.45) is 3.64. The van der Waals surface area contributed by atoms with Gasteiger partial charge in [0.1, 0.15) is 11.5 Å². The van der Waals surface area contributed by atoms with E-state index in [4.69, 9.17) is 0 Å². The van der Waals surface area contributed by atoms with Gasteiger partial charge in [-0.25, -0.2) is 9.37 Å². The Kier molecular flexibility index (Phi) is 3.24. The highest BCUT2D eigenvalue weighted by Gasteiger charge is 2.14. The van der Waals surface area contributed by atoms with E-state index in [1.807, 2.05) is 41.9 Å². The van der Waals surface area contributed by atoms with Gasteiger partial charge in [0, 0.05) is 24.0 Å². The van der Waals surface area contributed by atoms with Crippen LogP contribution in [0, 0.1) is 5.82 Å². The molecule has 20 heavy (non-hydrogen) atoms. The van der Waals surface area contributed by atoms with E-state index < -0.39 is 0 Å². The lowest BCUT2D eigenvalue weighted by atomic mass is 9.98. The van der Waals surface area contributed by atoms with Crippen molar-refractivity contribution in [2.45, 2.75) is 13.0 Å². The van der Waals surface area contributed by atoms with Crippen LogP contribution in [0.15, 0.2) is 48.8 Å². The van der Waals surface area contributed by atoms with E-state index in [2.05, 4.69) is 17.2 Å². The molecule has 0 aliphatic carbocycles. The van der Waals surface area contributed by atoms with Gasteiger partial charge in [0.05, 0.1) is 5.69 Å². The van der Waals surface area contributed by atoms with Crippen LogP contribution in [0.4, 0.5) is 4.39 Å². The maximum Gasteiger partial charge on any atom is 0.137 e. The van der Waals surface area contributed by atoms with Crippen LogP contribution in [0.2, 0.25) is 0 Å². The zero-order valence-corrected chi connectivity index (χ0v) is 11.5. The van der Waals surface area contributed by atoms with Crippen molar-refractivity contribution in [1.29, 1.82) is 0 Å². The van der Waals surface area contributed by atoms with Gasteiger partial charge in [-0.2, -0.15) is 0 Å². The normalized spacial score (nSPS) is 12.8. The first-order chi connectivity index (χ1) is 9.70. The third-order valence-electron chi connectivity index (χ3n) is 3.62. The minimum absolute atomic E-state index is 0.143. The molecular formula is C16H16FN3. The zero-order chi connectivity index (χ0) is 14.1. The summed E-state index contributed by atoms with van der Waals surface area (Å²) in [4.78, 5) is 4.28. The average Bonchev–Trinajstić information content (AvgIpc) is 2.94. The third kappa shape index (κ3) is 2.08. The van der Waals surface area contributed by atoms with Crippen LogP contribution in [-0.2, 0) is 0 Å². The molecule has 0 fully saturated rings. The number of rotatable bonds is 3. The summed E-state index contributed by atoms with van der Waals surface area (Å²) in [6, 6.07) is 10.9. The number of aromatic nitrogens is 2. The lowest BCUT2D eigenvalue weighted by molar-refractivity contribution is 0.620. The highest BCUT2D eigenvalue weighted by Crippen LogP contribution is 2.29. The van der Waals surface area contributed by atoms with E-state index in [0.717, 1.165) is 22.5 Å². The molecule has 1 N–H and O–H groups in total. The summed E-state index contributed by atoms with van der Waals surface area (Å²) in [6.45, 7) is 2.06. The zero-order valence-electron chi connectivity index (χ0n) is 11.5. The predicted molar refractivity (Wildman–Crippen MR) is 78.1 cm³/mol. The fraction of sp³-hybridized carbons (Fsp3) is 0.188. The van der Waals surface area contributed by atoms with Gasteiger partial charge in [0.15, 0.2) is 0 Å². The Morgan fingerprint density at radius 2 is 2.10 bits per heavy atom. The van der Waals surface area contributed by atoms with E-state index in [1.165, 1.54) is 6.07 Å². The number of halogens is 1. The smallest absolute Gasteiger partial charge is 0.137 e. The van der Waals surface area contributed by atoms with Gasteiger partial charge >= 0.3 is 0 Å². The molecule has 2 aromatic heterocycles. The average molecular weight is 269 g/mol. The van der Waals surface area contributed by atoms with Crippen molar-refractivity contribution in [3.05, 3.63) is 60.2 Å². The van der Waals surface area contributed by atoms with Gasteiger partial charge < -0.3 is 5.32 Å². The molecule has 3 aromatic rings. The van der Waals surface area contributed by atoms with Gasteiger partial charge in [-0.3, -0.25) is 4.40 Å². The molecule has 1 aromatic carbocycles. The van der Waals surface area contributed by atoms with E-state index in [-0.39, 0.29) is 11.9 Å². The van der Waals surface area contributed by atoms with Crippen molar-refractivity contribution in [3.8, 4) is 11.3 Å². The number of hydrogen-bond donors (Lipinski definition) is 1. The van der Waals surface area contributed by atoms with Gasteiger partial charge in [-0.15, -0.1) is 0 Å². The first-order valence-corrected chi connectivity index (χ1v) is 6.60. The molecule has 1 atom stereocenters. The quantitative estimate of drug-likeness (QED) is 0.789. The minimum Gasteiger partial charge on any atom is -0.313 e. The standard InChI is InChI=1S/C16H16FN3/c1-11(18-2)13-7-6-12(17)10-14(13)15-4-3-5-16-19-8-9-20(15)16/h3-11,18H,1-2H3. The number of pyridine rings is 1. The van der Waals surface area contributed by atoms with Crippen LogP contribution in [0.1, 0.15) is 18.5 Å². The second-order valence-electron chi connectivity index (χ2n) is 4.81. The summed E-state index contributed by atoms with van der Waals surface area (Å²) < 4.78 is 15.7. The molecule has 4 heteroatoms. The fourth-order valence-electron chi connectivity index (χ4n) is 2.45. The molecule has 2 heterocycles. The summed E-state index contributed by atoms with van der Waals surface area (Å²) >= 11 is 0. The van der Waals surface area contributed by atoms with E-state index in [1.54, 1.807) is 12.3 Å². The molecule has 3 rings (SSSR count). The van der Waals surface area contributed by atoms with E-state index >= 15 is 0 Å². The topological polar surface area (TPSA) is 29.3 Å². The Hall–Kier alpha value is -2.20. The van der Waals surface area contributed by atoms with Gasteiger partial charge in [-0.05, 0) is 43.8 Å². The molecular weight excluding hydrogens is 253 g/mol. The maximum atomic E-state index is 13.7. The Morgan fingerprint density at radius 1 is 1.25 bits per heavy atom. The predicted octanol–water partition coefficient (Wildman–Crippen LogP) is 3.42. The van der Waals surface area contributed by atoms with Crippen molar-refractivity contribution < 1.29 is 4.39 Å². The Bertz CT molecular complexity index is 748. The third-order valence-corrected chi connectivity index (χ3v) is 3.62. The van der Waals surface area contributed by atoms with E-state index in [9.17, 15) is 4.39 Å². The number of nitrogens with one attached hydrogen (secondary N) is 1. The molecule has 0 saturated heterocycles. The van der Waals surface area contributed by atoms with Crippen molar-refractivity contribution in [2.75, 3.05) is 7.05 Å². The fourth-order valence-corrected chi connectivity index (χ4v) is 2.45. The number of nitrogens with zero attached hydrogens (tertiary/aromatic N) is 2. The molecule has 0 bridgehead atoms. The largest absolute Gasteiger partial charge is 0.313 e.